The molecular formula is C23H20FN3O. The molecule has 5 rings (SSSR count). The summed E-state index contributed by atoms with van der Waals surface area (Å²) in [6.07, 6.45) is 4.77. The monoisotopic (exact) mass is 373 g/mol. The van der Waals surface area contributed by atoms with Crippen LogP contribution in [0.15, 0.2) is 60.8 Å². The van der Waals surface area contributed by atoms with Crippen molar-refractivity contribution >= 4 is 5.91 Å². The van der Waals surface area contributed by atoms with Crippen LogP contribution in [0.3, 0.4) is 0 Å². The molecule has 2 aromatic carbocycles. The number of benzene rings is 2. The van der Waals surface area contributed by atoms with Gasteiger partial charge >= 0.3 is 0 Å². The molecule has 0 N–H and O–H groups in total. The first kappa shape index (κ1) is 17.0. The molecule has 0 spiro atoms. The van der Waals surface area contributed by atoms with E-state index in [1.54, 1.807) is 12.1 Å². The van der Waals surface area contributed by atoms with Gasteiger partial charge in [-0.05, 0) is 30.5 Å². The minimum Gasteiger partial charge on any atom is -0.332 e. The molecule has 2 aliphatic heterocycles. The van der Waals surface area contributed by atoms with Crippen molar-refractivity contribution in [2.24, 2.45) is 0 Å². The van der Waals surface area contributed by atoms with E-state index in [-0.39, 0.29) is 30.2 Å². The van der Waals surface area contributed by atoms with Gasteiger partial charge in [-0.25, -0.2) is 14.4 Å². The fourth-order valence-electron chi connectivity index (χ4n) is 4.50. The highest BCUT2D eigenvalue weighted by Crippen LogP contribution is 2.43. The van der Waals surface area contributed by atoms with Gasteiger partial charge in [0.25, 0.3) is 0 Å². The molecule has 2 unspecified atom stereocenters. The van der Waals surface area contributed by atoms with E-state index in [0.717, 1.165) is 41.9 Å². The third-order valence-corrected chi connectivity index (χ3v) is 5.75. The lowest BCUT2D eigenvalue weighted by Gasteiger charge is -2.36. The zero-order chi connectivity index (χ0) is 19.1. The highest BCUT2D eigenvalue weighted by molar-refractivity contribution is 5.80. The maximum absolute atomic E-state index is 13.5. The van der Waals surface area contributed by atoms with Gasteiger partial charge in [0.15, 0.2) is 5.82 Å². The fraction of sp³-hybridized carbons (Fsp3) is 0.261. The lowest BCUT2D eigenvalue weighted by atomic mass is 9.97. The number of halogens is 1. The maximum atomic E-state index is 13.5. The minimum atomic E-state index is -0.306. The molecule has 1 saturated heterocycles. The second-order valence-corrected chi connectivity index (χ2v) is 7.52. The lowest BCUT2D eigenvalue weighted by Crippen LogP contribution is -2.43. The Kier molecular flexibility index (Phi) is 4.15. The van der Waals surface area contributed by atoms with Gasteiger partial charge in [0, 0.05) is 29.8 Å². The lowest BCUT2D eigenvalue weighted by molar-refractivity contribution is -0.134. The number of rotatable bonds is 3. The molecule has 1 aromatic heterocycles. The van der Waals surface area contributed by atoms with Gasteiger partial charge in [0.1, 0.15) is 5.82 Å². The van der Waals surface area contributed by atoms with E-state index < -0.39 is 0 Å². The molecule has 0 aliphatic carbocycles. The summed E-state index contributed by atoms with van der Waals surface area (Å²) in [6.45, 7) is 0. The van der Waals surface area contributed by atoms with Crippen LogP contribution in [-0.2, 0) is 17.6 Å². The van der Waals surface area contributed by atoms with E-state index in [9.17, 15) is 9.18 Å². The second-order valence-electron chi connectivity index (χ2n) is 7.52. The number of carbonyl (C=O) groups excluding carboxylic acids is 1. The Balaban J connectivity index is 1.42. The number of hydrogen-bond acceptors (Lipinski definition) is 3. The Hall–Kier alpha value is -3.08. The average Bonchev–Trinajstić information content (AvgIpc) is 3.03. The Morgan fingerprint density at radius 3 is 2.79 bits per heavy atom. The Bertz CT molecular complexity index is 1040. The Labute approximate surface area is 163 Å². The van der Waals surface area contributed by atoms with Crippen molar-refractivity contribution in [3.05, 3.63) is 83.4 Å². The molecule has 28 heavy (non-hydrogen) atoms. The molecular weight excluding hydrogens is 353 g/mol. The normalized spacial score (nSPS) is 20.1. The minimum absolute atomic E-state index is 0.0274. The molecule has 0 saturated carbocycles. The third kappa shape index (κ3) is 2.97. The van der Waals surface area contributed by atoms with Gasteiger partial charge in [-0.3, -0.25) is 4.79 Å². The van der Waals surface area contributed by atoms with Crippen molar-refractivity contribution in [1.29, 1.82) is 0 Å². The smallest absolute Gasteiger partial charge is 0.227 e. The largest absolute Gasteiger partial charge is 0.332 e. The second kappa shape index (κ2) is 6.82. The summed E-state index contributed by atoms with van der Waals surface area (Å²) in [7, 11) is 0. The molecule has 0 radical (unpaired) electrons. The van der Waals surface area contributed by atoms with Gasteiger partial charge in [0.05, 0.1) is 18.2 Å². The molecule has 140 valence electrons. The van der Waals surface area contributed by atoms with E-state index in [1.165, 1.54) is 12.1 Å². The number of hydrogen-bond donors (Lipinski definition) is 0. The van der Waals surface area contributed by atoms with Crippen LogP contribution in [0.4, 0.5) is 4.39 Å². The number of carbonyl (C=O) groups is 1. The van der Waals surface area contributed by atoms with Crippen LogP contribution in [0.2, 0.25) is 0 Å². The molecule has 2 bridgehead atoms. The standard InChI is InChI=1S/C23H20FN3O/c24-17-8-4-5-15(11-17)12-22(28)27-18-9-10-21(27)19-14-25-23(26-20(19)13-18)16-6-2-1-3-7-16/h1-8,11,14,18,21H,9-10,12-13H2. The topological polar surface area (TPSA) is 46.1 Å². The summed E-state index contributed by atoms with van der Waals surface area (Å²) >= 11 is 0. The summed E-state index contributed by atoms with van der Waals surface area (Å²) < 4.78 is 13.5. The van der Waals surface area contributed by atoms with Crippen molar-refractivity contribution in [2.75, 3.05) is 0 Å². The summed E-state index contributed by atoms with van der Waals surface area (Å²) in [5, 5.41) is 0. The number of aromatic nitrogens is 2. The molecule has 2 aliphatic rings. The van der Waals surface area contributed by atoms with Crippen LogP contribution in [-0.4, -0.2) is 26.8 Å². The van der Waals surface area contributed by atoms with Gasteiger partial charge in [-0.15, -0.1) is 0 Å². The zero-order valence-electron chi connectivity index (χ0n) is 15.4. The van der Waals surface area contributed by atoms with E-state index >= 15 is 0 Å². The first-order valence-electron chi connectivity index (χ1n) is 9.66. The average molecular weight is 373 g/mol. The van der Waals surface area contributed by atoms with Crippen molar-refractivity contribution in [2.45, 2.75) is 37.8 Å². The van der Waals surface area contributed by atoms with Gasteiger partial charge in [0.2, 0.25) is 5.91 Å². The van der Waals surface area contributed by atoms with Crippen molar-refractivity contribution in [1.82, 2.24) is 14.9 Å². The van der Waals surface area contributed by atoms with Crippen molar-refractivity contribution < 1.29 is 9.18 Å². The third-order valence-electron chi connectivity index (χ3n) is 5.75. The highest BCUT2D eigenvalue weighted by atomic mass is 19.1. The highest BCUT2D eigenvalue weighted by Gasteiger charge is 2.43. The van der Waals surface area contributed by atoms with Crippen LogP contribution in [0, 0.1) is 5.82 Å². The van der Waals surface area contributed by atoms with Crippen LogP contribution in [0.1, 0.15) is 35.7 Å². The Morgan fingerprint density at radius 1 is 1.11 bits per heavy atom. The van der Waals surface area contributed by atoms with Gasteiger partial charge in [-0.2, -0.15) is 0 Å². The van der Waals surface area contributed by atoms with Crippen LogP contribution >= 0.6 is 0 Å². The predicted octanol–water partition coefficient (Wildman–Crippen LogP) is 4.11. The van der Waals surface area contributed by atoms with E-state index in [1.807, 2.05) is 41.4 Å². The summed E-state index contributed by atoms with van der Waals surface area (Å²) in [4.78, 5) is 24.4. The fourth-order valence-corrected chi connectivity index (χ4v) is 4.50. The molecule has 3 aromatic rings. The van der Waals surface area contributed by atoms with Crippen LogP contribution in [0.25, 0.3) is 11.4 Å². The molecule has 5 heteroatoms. The van der Waals surface area contributed by atoms with Crippen LogP contribution in [0.5, 0.6) is 0 Å². The number of nitrogens with zero attached hydrogens (tertiary/aromatic N) is 3. The predicted molar refractivity (Wildman–Crippen MR) is 104 cm³/mol. The summed E-state index contributed by atoms with van der Waals surface area (Å²) in [6, 6.07) is 16.4. The first-order chi connectivity index (χ1) is 13.7. The molecule has 1 fully saturated rings. The van der Waals surface area contributed by atoms with E-state index in [4.69, 9.17) is 4.98 Å². The summed E-state index contributed by atoms with van der Waals surface area (Å²) in [5.74, 6) is 0.480. The molecule has 4 nitrogen and oxygen atoms in total. The summed E-state index contributed by atoms with van der Waals surface area (Å²) in [5.41, 5.74) is 3.82. The molecule has 3 heterocycles. The Morgan fingerprint density at radius 2 is 1.96 bits per heavy atom. The van der Waals surface area contributed by atoms with Crippen LogP contribution < -0.4 is 0 Å². The maximum Gasteiger partial charge on any atom is 0.227 e. The zero-order valence-corrected chi connectivity index (χ0v) is 15.4. The van der Waals surface area contributed by atoms with Gasteiger partial charge in [-0.1, -0.05) is 42.5 Å². The quantitative estimate of drug-likeness (QED) is 0.694. The van der Waals surface area contributed by atoms with Gasteiger partial charge < -0.3 is 4.90 Å². The van der Waals surface area contributed by atoms with E-state index in [0.29, 0.717) is 5.56 Å². The van der Waals surface area contributed by atoms with E-state index in [2.05, 4.69) is 4.98 Å². The molecule has 2 atom stereocenters. The van der Waals surface area contributed by atoms with Crippen molar-refractivity contribution in [3.63, 3.8) is 0 Å². The SMILES string of the molecule is O=C(Cc1cccc(F)c1)N1C2CCC1c1cnc(-c3ccccc3)nc1C2. The first-order valence-corrected chi connectivity index (χ1v) is 9.66. The number of fused-ring (bicyclic) bond motifs is 4. The number of amides is 1. The van der Waals surface area contributed by atoms with Crippen molar-refractivity contribution in [3.8, 4) is 11.4 Å². The molecule has 1 amide bonds.